The molecule has 2 heteroatoms. The molecule has 0 radical (unpaired) electrons. The lowest BCUT2D eigenvalue weighted by molar-refractivity contribution is 0.102. The van der Waals surface area contributed by atoms with Crippen LogP contribution in [0.2, 0.25) is 0 Å². The molecule has 0 saturated carbocycles. The van der Waals surface area contributed by atoms with Crippen molar-refractivity contribution in [2.24, 2.45) is 0 Å². The van der Waals surface area contributed by atoms with E-state index in [-0.39, 0.29) is 11.3 Å². The van der Waals surface area contributed by atoms with E-state index >= 15 is 0 Å². The molecule has 0 aliphatic heterocycles. The van der Waals surface area contributed by atoms with E-state index in [9.17, 15) is 4.79 Å². The fraction of sp³-hybridized carbons (Fsp3) is 0.381. The first-order valence-electron chi connectivity index (χ1n) is 8.48. The number of rotatable bonds is 2. The van der Waals surface area contributed by atoms with E-state index < -0.39 is 0 Å². The number of carbonyl (C=O) groups is 1. The van der Waals surface area contributed by atoms with Gasteiger partial charge in [-0.3, -0.25) is 4.79 Å². The minimum absolute atomic E-state index is 0.0237. The van der Waals surface area contributed by atoms with Gasteiger partial charge in [0.2, 0.25) is 0 Å². The van der Waals surface area contributed by atoms with Gasteiger partial charge in [-0.05, 0) is 66.0 Å². The predicted molar refractivity (Wildman–Crippen MR) is 96.2 cm³/mol. The number of amides is 1. The minimum atomic E-state index is -0.0237. The summed E-state index contributed by atoms with van der Waals surface area (Å²) in [6.07, 6.45) is 4.65. The first-order chi connectivity index (χ1) is 10.9. The molecule has 23 heavy (non-hydrogen) atoms. The van der Waals surface area contributed by atoms with Crippen molar-refractivity contribution in [1.82, 2.24) is 0 Å². The number of benzene rings is 2. The Morgan fingerprint density at radius 3 is 2.35 bits per heavy atom. The summed E-state index contributed by atoms with van der Waals surface area (Å²) in [5.74, 6) is -0.0237. The number of carbonyl (C=O) groups excluding carboxylic acids is 1. The topological polar surface area (TPSA) is 29.1 Å². The molecule has 1 aliphatic rings. The maximum atomic E-state index is 12.5. The van der Waals surface area contributed by atoms with Crippen LogP contribution in [0, 0.1) is 0 Å². The summed E-state index contributed by atoms with van der Waals surface area (Å²) in [6.45, 7) is 6.54. The Bertz CT molecular complexity index is 708. The smallest absolute Gasteiger partial charge is 0.255 e. The van der Waals surface area contributed by atoms with E-state index in [4.69, 9.17) is 0 Å². The van der Waals surface area contributed by atoms with E-state index in [1.165, 1.54) is 29.5 Å². The largest absolute Gasteiger partial charge is 0.322 e. The van der Waals surface area contributed by atoms with Gasteiger partial charge in [-0.15, -0.1) is 0 Å². The van der Waals surface area contributed by atoms with E-state index in [1.807, 2.05) is 24.3 Å². The SMILES string of the molecule is CC(C)(C)c1ccc(C(=O)Nc2cccc3c2CCCC3)cc1. The number of anilines is 1. The summed E-state index contributed by atoms with van der Waals surface area (Å²) in [5.41, 5.74) is 5.74. The highest BCUT2D eigenvalue weighted by Crippen LogP contribution is 2.28. The lowest BCUT2D eigenvalue weighted by atomic mass is 9.86. The van der Waals surface area contributed by atoms with Gasteiger partial charge in [0.05, 0.1) is 0 Å². The lowest BCUT2D eigenvalue weighted by Crippen LogP contribution is -2.16. The Morgan fingerprint density at radius 2 is 1.65 bits per heavy atom. The van der Waals surface area contributed by atoms with E-state index in [0.717, 1.165) is 18.5 Å². The molecule has 2 nitrogen and oxygen atoms in total. The van der Waals surface area contributed by atoms with Gasteiger partial charge in [0.1, 0.15) is 0 Å². The molecule has 1 N–H and O–H groups in total. The molecule has 0 heterocycles. The highest BCUT2D eigenvalue weighted by Gasteiger charge is 2.17. The van der Waals surface area contributed by atoms with Crippen LogP contribution in [0.3, 0.4) is 0 Å². The lowest BCUT2D eigenvalue weighted by Gasteiger charge is -2.20. The third-order valence-corrected chi connectivity index (χ3v) is 4.66. The molecule has 1 aliphatic carbocycles. The van der Waals surface area contributed by atoms with Crippen molar-refractivity contribution < 1.29 is 4.79 Å². The molecule has 0 bridgehead atoms. The van der Waals surface area contributed by atoms with Gasteiger partial charge in [-0.1, -0.05) is 45.0 Å². The zero-order chi connectivity index (χ0) is 16.4. The minimum Gasteiger partial charge on any atom is -0.322 e. The van der Waals surface area contributed by atoms with Crippen LogP contribution in [0.5, 0.6) is 0 Å². The Morgan fingerprint density at radius 1 is 0.957 bits per heavy atom. The van der Waals surface area contributed by atoms with Gasteiger partial charge in [-0.2, -0.15) is 0 Å². The molecule has 0 spiro atoms. The van der Waals surface area contributed by atoms with E-state index in [2.05, 4.69) is 44.3 Å². The first-order valence-corrected chi connectivity index (χ1v) is 8.48. The van der Waals surface area contributed by atoms with Crippen LogP contribution in [-0.4, -0.2) is 5.91 Å². The molecular weight excluding hydrogens is 282 g/mol. The first kappa shape index (κ1) is 15.8. The fourth-order valence-corrected chi connectivity index (χ4v) is 3.21. The summed E-state index contributed by atoms with van der Waals surface area (Å²) < 4.78 is 0. The average Bonchev–Trinajstić information content (AvgIpc) is 2.54. The third-order valence-electron chi connectivity index (χ3n) is 4.66. The summed E-state index contributed by atoms with van der Waals surface area (Å²) in [7, 11) is 0. The van der Waals surface area contributed by atoms with Gasteiger partial charge in [-0.25, -0.2) is 0 Å². The Balaban J connectivity index is 1.80. The van der Waals surface area contributed by atoms with E-state index in [0.29, 0.717) is 5.56 Å². The van der Waals surface area contributed by atoms with Crippen LogP contribution in [0.1, 0.15) is 60.7 Å². The van der Waals surface area contributed by atoms with Crippen molar-refractivity contribution in [2.75, 3.05) is 5.32 Å². The van der Waals surface area contributed by atoms with E-state index in [1.54, 1.807) is 0 Å². The fourth-order valence-electron chi connectivity index (χ4n) is 3.21. The summed E-state index contributed by atoms with van der Waals surface area (Å²) >= 11 is 0. The molecular formula is C21H25NO. The van der Waals surface area contributed by atoms with Crippen LogP contribution >= 0.6 is 0 Å². The monoisotopic (exact) mass is 307 g/mol. The van der Waals surface area contributed by atoms with Crippen molar-refractivity contribution in [1.29, 1.82) is 0 Å². The van der Waals surface area contributed by atoms with Gasteiger partial charge in [0.25, 0.3) is 5.91 Å². The van der Waals surface area contributed by atoms with Crippen LogP contribution in [0.15, 0.2) is 42.5 Å². The second kappa shape index (κ2) is 6.19. The van der Waals surface area contributed by atoms with Gasteiger partial charge in [0, 0.05) is 11.3 Å². The molecule has 1 amide bonds. The highest BCUT2D eigenvalue weighted by atomic mass is 16.1. The molecule has 120 valence electrons. The summed E-state index contributed by atoms with van der Waals surface area (Å²) in [5, 5.41) is 3.11. The Labute approximate surface area is 138 Å². The maximum Gasteiger partial charge on any atom is 0.255 e. The zero-order valence-electron chi connectivity index (χ0n) is 14.3. The molecule has 0 atom stereocenters. The van der Waals surface area contributed by atoms with Crippen molar-refractivity contribution in [2.45, 2.75) is 51.9 Å². The van der Waals surface area contributed by atoms with Crippen molar-refractivity contribution in [3.05, 3.63) is 64.7 Å². The molecule has 3 rings (SSSR count). The number of nitrogens with one attached hydrogen (secondary N) is 1. The average molecular weight is 307 g/mol. The predicted octanol–water partition coefficient (Wildman–Crippen LogP) is 5.12. The van der Waals surface area contributed by atoms with Crippen molar-refractivity contribution >= 4 is 11.6 Å². The number of aryl methyl sites for hydroxylation is 1. The second-order valence-electron chi connectivity index (χ2n) is 7.43. The molecule has 2 aromatic carbocycles. The molecule has 0 unspecified atom stereocenters. The normalized spacial score (nSPS) is 14.2. The number of hydrogen-bond donors (Lipinski definition) is 1. The third kappa shape index (κ3) is 3.47. The Kier molecular flexibility index (Phi) is 4.25. The van der Waals surface area contributed by atoms with Crippen LogP contribution in [-0.2, 0) is 18.3 Å². The van der Waals surface area contributed by atoms with Crippen LogP contribution in [0.25, 0.3) is 0 Å². The zero-order valence-corrected chi connectivity index (χ0v) is 14.3. The van der Waals surface area contributed by atoms with Crippen molar-refractivity contribution in [3.63, 3.8) is 0 Å². The quantitative estimate of drug-likeness (QED) is 0.820. The highest BCUT2D eigenvalue weighted by molar-refractivity contribution is 6.04. The number of fused-ring (bicyclic) bond motifs is 1. The standard InChI is InChI=1S/C21H25NO/c1-21(2,3)17-13-11-16(12-14-17)20(23)22-19-10-6-8-15-7-4-5-9-18(15)19/h6,8,10-14H,4-5,7,9H2,1-3H3,(H,22,23). The van der Waals surface area contributed by atoms with Crippen LogP contribution < -0.4 is 5.32 Å². The van der Waals surface area contributed by atoms with Gasteiger partial charge >= 0.3 is 0 Å². The molecule has 2 aromatic rings. The Hall–Kier alpha value is -2.09. The van der Waals surface area contributed by atoms with Gasteiger partial charge < -0.3 is 5.32 Å². The van der Waals surface area contributed by atoms with Gasteiger partial charge in [0.15, 0.2) is 0 Å². The van der Waals surface area contributed by atoms with Crippen LogP contribution in [0.4, 0.5) is 5.69 Å². The van der Waals surface area contributed by atoms with Crippen molar-refractivity contribution in [3.8, 4) is 0 Å². The molecule has 0 fully saturated rings. The summed E-state index contributed by atoms with van der Waals surface area (Å²) in [6, 6.07) is 14.2. The maximum absolute atomic E-state index is 12.5. The summed E-state index contributed by atoms with van der Waals surface area (Å²) in [4.78, 5) is 12.5. The second-order valence-corrected chi connectivity index (χ2v) is 7.43. The molecule has 0 saturated heterocycles. The molecule has 0 aromatic heterocycles. The number of hydrogen-bond acceptors (Lipinski definition) is 1.